The van der Waals surface area contributed by atoms with Crippen molar-refractivity contribution in [3.63, 3.8) is 0 Å². The van der Waals surface area contributed by atoms with Gasteiger partial charge in [-0.3, -0.25) is 9.59 Å². The van der Waals surface area contributed by atoms with Gasteiger partial charge in [-0.25, -0.2) is 0 Å². The Balaban J connectivity index is 0.00000225. The van der Waals surface area contributed by atoms with E-state index in [1.54, 1.807) is 0 Å². The molecule has 3 rings (SSSR count). The van der Waals surface area contributed by atoms with Gasteiger partial charge < -0.3 is 15.5 Å². The van der Waals surface area contributed by atoms with Crippen LogP contribution in [-0.4, -0.2) is 42.9 Å². The predicted octanol–water partition coefficient (Wildman–Crippen LogP) is 2.28. The summed E-state index contributed by atoms with van der Waals surface area (Å²) in [5.41, 5.74) is 1.05. The van der Waals surface area contributed by atoms with Crippen LogP contribution in [0, 0.1) is 5.92 Å². The molecule has 2 aliphatic heterocycles. The molecule has 25 heavy (non-hydrogen) atoms. The van der Waals surface area contributed by atoms with E-state index < -0.39 is 0 Å². The van der Waals surface area contributed by atoms with Crippen molar-refractivity contribution in [2.45, 2.75) is 38.1 Å². The Morgan fingerprint density at radius 2 is 1.84 bits per heavy atom. The lowest BCUT2D eigenvalue weighted by Gasteiger charge is -2.30. The molecule has 0 radical (unpaired) electrons. The van der Waals surface area contributed by atoms with Gasteiger partial charge in [0.1, 0.15) is 0 Å². The summed E-state index contributed by atoms with van der Waals surface area (Å²) >= 11 is 0. The summed E-state index contributed by atoms with van der Waals surface area (Å²) in [5.74, 6) is 0.855. The van der Waals surface area contributed by atoms with Gasteiger partial charge >= 0.3 is 0 Å². The zero-order valence-corrected chi connectivity index (χ0v) is 15.4. The first-order valence-corrected chi connectivity index (χ1v) is 9.06. The van der Waals surface area contributed by atoms with Crippen LogP contribution in [0.25, 0.3) is 0 Å². The van der Waals surface area contributed by atoms with Crippen LogP contribution in [0.1, 0.15) is 43.7 Å². The maximum absolute atomic E-state index is 12.9. The molecule has 1 unspecified atom stereocenters. The summed E-state index contributed by atoms with van der Waals surface area (Å²) in [6.45, 7) is 3.26. The number of piperidine rings is 1. The Bertz CT molecular complexity index is 561. The number of benzene rings is 1. The molecule has 0 aromatic heterocycles. The lowest BCUT2D eigenvalue weighted by molar-refractivity contribution is -0.134. The number of rotatable bonds is 4. The molecule has 0 bridgehead atoms. The Hall–Kier alpha value is -1.59. The zero-order valence-electron chi connectivity index (χ0n) is 14.6. The molecule has 5 nitrogen and oxygen atoms in total. The number of nitrogens with one attached hydrogen (secondary N) is 2. The highest BCUT2D eigenvalue weighted by molar-refractivity contribution is 5.85. The molecule has 138 valence electrons. The third-order valence-corrected chi connectivity index (χ3v) is 5.16. The highest BCUT2D eigenvalue weighted by Gasteiger charge is 2.29. The second kappa shape index (κ2) is 9.78. The van der Waals surface area contributed by atoms with Crippen molar-refractivity contribution in [2.75, 3.05) is 26.2 Å². The lowest BCUT2D eigenvalue weighted by Crippen LogP contribution is -2.37. The molecule has 1 atom stereocenters. The quantitative estimate of drug-likeness (QED) is 0.860. The molecule has 2 fully saturated rings. The molecule has 2 saturated heterocycles. The summed E-state index contributed by atoms with van der Waals surface area (Å²) in [5, 5.41) is 6.26. The van der Waals surface area contributed by atoms with E-state index in [1.807, 2.05) is 35.2 Å². The predicted molar refractivity (Wildman–Crippen MR) is 101 cm³/mol. The van der Waals surface area contributed by atoms with Crippen molar-refractivity contribution >= 4 is 24.2 Å². The molecule has 0 saturated carbocycles. The van der Waals surface area contributed by atoms with Crippen LogP contribution >= 0.6 is 12.4 Å². The lowest BCUT2D eigenvalue weighted by atomic mass is 9.92. The fourth-order valence-corrected chi connectivity index (χ4v) is 3.74. The molecule has 1 aromatic carbocycles. The topological polar surface area (TPSA) is 61.4 Å². The normalized spacial score (nSPS) is 21.8. The van der Waals surface area contributed by atoms with E-state index in [2.05, 4.69) is 10.6 Å². The van der Waals surface area contributed by atoms with Crippen LogP contribution < -0.4 is 10.6 Å². The van der Waals surface area contributed by atoms with E-state index in [1.165, 1.54) is 0 Å². The van der Waals surface area contributed by atoms with Crippen LogP contribution in [0.15, 0.2) is 30.3 Å². The van der Waals surface area contributed by atoms with Crippen molar-refractivity contribution < 1.29 is 9.59 Å². The van der Waals surface area contributed by atoms with Gasteiger partial charge in [-0.05, 0) is 43.8 Å². The zero-order chi connectivity index (χ0) is 16.8. The third kappa shape index (κ3) is 5.44. The number of carbonyl (C=O) groups excluding carboxylic acids is 2. The highest BCUT2D eigenvalue weighted by Crippen LogP contribution is 2.27. The van der Waals surface area contributed by atoms with Gasteiger partial charge in [-0.1, -0.05) is 30.3 Å². The van der Waals surface area contributed by atoms with E-state index in [0.717, 1.165) is 37.9 Å². The fraction of sp³-hybridized carbons (Fsp3) is 0.579. The van der Waals surface area contributed by atoms with Crippen LogP contribution in [0.2, 0.25) is 0 Å². The molecule has 2 heterocycles. The number of carbonyl (C=O) groups is 2. The minimum absolute atomic E-state index is 0. The molecular weight excluding hydrogens is 338 g/mol. The minimum atomic E-state index is -0.144. The number of halogens is 1. The molecule has 0 spiro atoms. The molecule has 1 aromatic rings. The summed E-state index contributed by atoms with van der Waals surface area (Å²) in [4.78, 5) is 26.8. The molecule has 6 heteroatoms. The van der Waals surface area contributed by atoms with E-state index in [9.17, 15) is 9.59 Å². The average Bonchev–Trinajstić information content (AvgIpc) is 2.83. The maximum Gasteiger partial charge on any atom is 0.223 e. The minimum Gasteiger partial charge on any atom is -0.354 e. The highest BCUT2D eigenvalue weighted by atomic mass is 35.5. The summed E-state index contributed by atoms with van der Waals surface area (Å²) < 4.78 is 0. The maximum atomic E-state index is 12.9. The summed E-state index contributed by atoms with van der Waals surface area (Å²) in [6.07, 6.45) is 4.22. The summed E-state index contributed by atoms with van der Waals surface area (Å²) in [6, 6.07) is 9.77. The Morgan fingerprint density at radius 1 is 1.12 bits per heavy atom. The second-order valence-corrected chi connectivity index (χ2v) is 6.80. The Labute approximate surface area is 155 Å². The first-order valence-electron chi connectivity index (χ1n) is 9.06. The average molecular weight is 366 g/mol. The second-order valence-electron chi connectivity index (χ2n) is 6.80. The Morgan fingerprint density at radius 3 is 2.56 bits per heavy atom. The van der Waals surface area contributed by atoms with Crippen molar-refractivity contribution in [2.24, 2.45) is 5.92 Å². The van der Waals surface area contributed by atoms with Gasteiger partial charge in [0.2, 0.25) is 11.8 Å². The number of amides is 2. The van der Waals surface area contributed by atoms with Gasteiger partial charge in [0.15, 0.2) is 0 Å². The molecular formula is C19H28ClN3O2. The number of hydrogen-bond acceptors (Lipinski definition) is 3. The third-order valence-electron chi connectivity index (χ3n) is 5.16. The largest absolute Gasteiger partial charge is 0.354 e. The molecule has 0 aliphatic carbocycles. The Kier molecular flexibility index (Phi) is 7.72. The van der Waals surface area contributed by atoms with Gasteiger partial charge in [-0.15, -0.1) is 12.4 Å². The molecule has 2 amide bonds. The fourth-order valence-electron chi connectivity index (χ4n) is 3.74. The van der Waals surface area contributed by atoms with Gasteiger partial charge in [-0.2, -0.15) is 0 Å². The van der Waals surface area contributed by atoms with Crippen LogP contribution in [-0.2, 0) is 9.59 Å². The van der Waals surface area contributed by atoms with Crippen molar-refractivity contribution in [3.05, 3.63) is 35.9 Å². The van der Waals surface area contributed by atoms with E-state index in [4.69, 9.17) is 0 Å². The SMILES string of the molecule is Cl.O=C1CC(c2ccccc2)N(C(=O)CCC2CCNCC2)CCN1. The number of hydrogen-bond donors (Lipinski definition) is 2. The van der Waals surface area contributed by atoms with Crippen molar-refractivity contribution in [1.29, 1.82) is 0 Å². The smallest absolute Gasteiger partial charge is 0.223 e. The van der Waals surface area contributed by atoms with Gasteiger partial charge in [0.25, 0.3) is 0 Å². The number of nitrogens with zero attached hydrogens (tertiary/aromatic N) is 1. The van der Waals surface area contributed by atoms with Gasteiger partial charge in [0, 0.05) is 19.5 Å². The standard InChI is InChI=1S/C19H27N3O2.ClH/c23-18-14-17(16-4-2-1-3-5-16)22(13-12-21-18)19(24)7-6-15-8-10-20-11-9-15;/h1-5,15,17,20H,6-14H2,(H,21,23);1H. The summed E-state index contributed by atoms with van der Waals surface area (Å²) in [7, 11) is 0. The van der Waals surface area contributed by atoms with Crippen LogP contribution in [0.3, 0.4) is 0 Å². The van der Waals surface area contributed by atoms with Crippen molar-refractivity contribution in [3.8, 4) is 0 Å². The van der Waals surface area contributed by atoms with E-state index in [0.29, 0.717) is 31.8 Å². The van der Waals surface area contributed by atoms with Crippen LogP contribution in [0.5, 0.6) is 0 Å². The molecule has 2 N–H and O–H groups in total. The van der Waals surface area contributed by atoms with Crippen molar-refractivity contribution in [1.82, 2.24) is 15.5 Å². The van der Waals surface area contributed by atoms with Crippen LogP contribution in [0.4, 0.5) is 0 Å². The molecule has 2 aliphatic rings. The van der Waals surface area contributed by atoms with Gasteiger partial charge in [0.05, 0.1) is 12.5 Å². The van der Waals surface area contributed by atoms with E-state index in [-0.39, 0.29) is 30.3 Å². The van der Waals surface area contributed by atoms with E-state index >= 15 is 0 Å². The monoisotopic (exact) mass is 365 g/mol. The first-order chi connectivity index (χ1) is 11.7. The first kappa shape index (κ1) is 19.7.